The monoisotopic (exact) mass is 438 g/mol. The molecule has 150 valence electrons. The number of benzene rings is 3. The minimum atomic E-state index is -0.404. The molecule has 1 heterocycles. The fraction of sp³-hybridized carbons (Fsp3) is 0.0435. The van der Waals surface area contributed by atoms with E-state index in [0.29, 0.717) is 33.6 Å². The van der Waals surface area contributed by atoms with Crippen LogP contribution in [0, 0.1) is 0 Å². The Labute approximate surface area is 183 Å². The zero-order valence-corrected chi connectivity index (χ0v) is 17.1. The Morgan fingerprint density at radius 2 is 1.77 bits per heavy atom. The Hall–Kier alpha value is -3.28. The van der Waals surface area contributed by atoms with Crippen LogP contribution >= 0.6 is 23.2 Å². The van der Waals surface area contributed by atoms with E-state index in [-0.39, 0.29) is 11.7 Å². The Bertz CT molecular complexity index is 1170. The van der Waals surface area contributed by atoms with Gasteiger partial charge in [-0.25, -0.2) is 0 Å². The Morgan fingerprint density at radius 3 is 2.53 bits per heavy atom. The molecule has 5 nitrogen and oxygen atoms in total. The summed E-state index contributed by atoms with van der Waals surface area (Å²) in [6.07, 6.45) is 1.61. The number of amides is 2. The molecular weight excluding hydrogens is 423 g/mol. The van der Waals surface area contributed by atoms with E-state index in [9.17, 15) is 9.59 Å². The van der Waals surface area contributed by atoms with Gasteiger partial charge in [0.25, 0.3) is 11.8 Å². The van der Waals surface area contributed by atoms with Gasteiger partial charge in [-0.3, -0.25) is 9.59 Å². The Morgan fingerprint density at radius 1 is 1.00 bits per heavy atom. The summed E-state index contributed by atoms with van der Waals surface area (Å²) >= 11 is 11.9. The molecule has 0 radical (unpaired) electrons. The number of rotatable bonds is 4. The lowest BCUT2D eigenvalue weighted by molar-refractivity contribution is -0.115. The molecule has 0 fully saturated rings. The molecule has 0 saturated carbocycles. The third-order valence-corrected chi connectivity index (χ3v) is 4.89. The van der Waals surface area contributed by atoms with Crippen molar-refractivity contribution in [3.63, 3.8) is 0 Å². The normalized spacial score (nSPS) is 13.9. The maximum atomic E-state index is 12.5. The third-order valence-electron chi connectivity index (χ3n) is 4.42. The van der Waals surface area contributed by atoms with Crippen molar-refractivity contribution in [2.45, 2.75) is 6.54 Å². The third kappa shape index (κ3) is 4.64. The summed E-state index contributed by atoms with van der Waals surface area (Å²) in [7, 11) is 0. The number of anilines is 1. The van der Waals surface area contributed by atoms with Gasteiger partial charge in [-0.15, -0.1) is 0 Å². The molecule has 3 aromatic rings. The van der Waals surface area contributed by atoms with Crippen molar-refractivity contribution in [3.8, 4) is 5.75 Å². The van der Waals surface area contributed by atoms with Gasteiger partial charge in [0.05, 0.1) is 5.69 Å². The molecule has 0 unspecified atom stereocenters. The van der Waals surface area contributed by atoms with Crippen molar-refractivity contribution >= 4 is 46.8 Å². The van der Waals surface area contributed by atoms with Crippen molar-refractivity contribution in [2.24, 2.45) is 0 Å². The molecule has 4 rings (SSSR count). The lowest BCUT2D eigenvalue weighted by Gasteiger charge is -2.20. The van der Waals surface area contributed by atoms with Crippen LogP contribution in [0.5, 0.6) is 5.75 Å². The average Bonchev–Trinajstić information content (AvgIpc) is 2.72. The summed E-state index contributed by atoms with van der Waals surface area (Å²) in [5.41, 5.74) is 2.47. The summed E-state index contributed by atoms with van der Waals surface area (Å²) in [6, 6.07) is 19.2. The molecule has 1 aliphatic rings. The van der Waals surface area contributed by atoms with Crippen LogP contribution in [-0.2, 0) is 11.3 Å². The molecule has 0 aliphatic carbocycles. The largest absolute Gasteiger partial charge is 0.449 e. The topological polar surface area (TPSA) is 67.4 Å². The first kappa shape index (κ1) is 20.0. The van der Waals surface area contributed by atoms with Crippen molar-refractivity contribution < 1.29 is 14.3 Å². The first-order valence-corrected chi connectivity index (χ1v) is 9.87. The van der Waals surface area contributed by atoms with Crippen molar-refractivity contribution in [1.29, 1.82) is 0 Å². The van der Waals surface area contributed by atoms with E-state index in [1.165, 1.54) is 0 Å². The summed E-state index contributed by atoms with van der Waals surface area (Å²) < 4.78 is 5.72. The lowest BCUT2D eigenvalue weighted by atomic mass is 10.1. The molecule has 30 heavy (non-hydrogen) atoms. The highest BCUT2D eigenvalue weighted by atomic mass is 35.5. The second-order valence-electron chi connectivity index (χ2n) is 6.64. The number of ether oxygens (including phenoxy) is 1. The van der Waals surface area contributed by atoms with Gasteiger partial charge < -0.3 is 15.4 Å². The van der Waals surface area contributed by atoms with Gasteiger partial charge in [0.2, 0.25) is 0 Å². The zero-order valence-electron chi connectivity index (χ0n) is 15.6. The number of halogens is 2. The second kappa shape index (κ2) is 8.61. The minimum Gasteiger partial charge on any atom is -0.449 e. The van der Waals surface area contributed by atoms with E-state index < -0.39 is 5.91 Å². The van der Waals surface area contributed by atoms with Gasteiger partial charge in [-0.1, -0.05) is 47.5 Å². The fourth-order valence-corrected chi connectivity index (χ4v) is 3.39. The first-order valence-electron chi connectivity index (χ1n) is 9.11. The summed E-state index contributed by atoms with van der Waals surface area (Å²) in [5.74, 6) is -0.0801. The fourth-order valence-electron chi connectivity index (χ4n) is 2.98. The quantitative estimate of drug-likeness (QED) is 0.543. The highest BCUT2D eigenvalue weighted by Gasteiger charge is 2.23. The minimum absolute atomic E-state index is 0.142. The van der Waals surface area contributed by atoms with Crippen LogP contribution in [0.25, 0.3) is 6.08 Å². The average molecular weight is 439 g/mol. The van der Waals surface area contributed by atoms with Crippen LogP contribution in [-0.4, -0.2) is 11.8 Å². The second-order valence-corrected chi connectivity index (χ2v) is 7.52. The molecule has 0 saturated heterocycles. The van der Waals surface area contributed by atoms with Crippen LogP contribution in [0.3, 0.4) is 0 Å². The molecule has 3 aromatic carbocycles. The van der Waals surface area contributed by atoms with Gasteiger partial charge in [0.1, 0.15) is 0 Å². The molecule has 7 heteroatoms. The van der Waals surface area contributed by atoms with E-state index in [1.54, 1.807) is 54.6 Å². The van der Waals surface area contributed by atoms with Crippen LogP contribution in [0.15, 0.2) is 72.5 Å². The molecular formula is C23H16Cl2N2O3. The van der Waals surface area contributed by atoms with Gasteiger partial charge in [-0.2, -0.15) is 0 Å². The van der Waals surface area contributed by atoms with E-state index in [0.717, 1.165) is 11.1 Å². The molecule has 2 amide bonds. The predicted molar refractivity (Wildman–Crippen MR) is 118 cm³/mol. The highest BCUT2D eigenvalue weighted by molar-refractivity contribution is 6.31. The SMILES string of the molecule is O=C1Nc2cc(C(=O)NCc3cccc(Cl)c3)ccc2OC1=Cc1cccc(Cl)c1. The van der Waals surface area contributed by atoms with E-state index in [1.807, 2.05) is 18.2 Å². The Balaban J connectivity index is 1.48. The van der Waals surface area contributed by atoms with Gasteiger partial charge >= 0.3 is 0 Å². The molecule has 0 spiro atoms. The predicted octanol–water partition coefficient (Wildman–Crippen LogP) is 5.30. The lowest BCUT2D eigenvalue weighted by Crippen LogP contribution is -2.25. The van der Waals surface area contributed by atoms with Crippen LogP contribution in [0.1, 0.15) is 21.5 Å². The smallest absolute Gasteiger partial charge is 0.291 e. The van der Waals surface area contributed by atoms with Crippen molar-refractivity contribution in [2.75, 3.05) is 5.32 Å². The van der Waals surface area contributed by atoms with Gasteiger partial charge in [-0.05, 0) is 59.7 Å². The maximum Gasteiger partial charge on any atom is 0.291 e. The standard InChI is InChI=1S/C23H16Cl2N2O3/c24-17-5-1-3-14(9-17)11-21-23(29)27-19-12-16(7-8-20(19)30-21)22(28)26-13-15-4-2-6-18(25)10-15/h1-12H,13H2,(H,26,28)(H,27,29). The number of carbonyl (C=O) groups is 2. The van der Waals surface area contributed by atoms with E-state index >= 15 is 0 Å². The summed E-state index contributed by atoms with van der Waals surface area (Å²) in [6.45, 7) is 0.339. The van der Waals surface area contributed by atoms with Gasteiger partial charge in [0.15, 0.2) is 11.5 Å². The van der Waals surface area contributed by atoms with Gasteiger partial charge in [0, 0.05) is 22.2 Å². The molecule has 2 N–H and O–H groups in total. The Kier molecular flexibility index (Phi) is 5.74. The maximum absolute atomic E-state index is 12.5. The van der Waals surface area contributed by atoms with E-state index in [2.05, 4.69) is 10.6 Å². The number of hydrogen-bond acceptors (Lipinski definition) is 3. The number of hydrogen-bond donors (Lipinski definition) is 2. The van der Waals surface area contributed by atoms with Crippen LogP contribution in [0.2, 0.25) is 10.0 Å². The van der Waals surface area contributed by atoms with Crippen molar-refractivity contribution in [3.05, 3.63) is 99.2 Å². The number of fused-ring (bicyclic) bond motifs is 1. The molecule has 1 aliphatic heterocycles. The zero-order chi connectivity index (χ0) is 21.1. The molecule has 0 aromatic heterocycles. The highest BCUT2D eigenvalue weighted by Crippen LogP contribution is 2.32. The van der Waals surface area contributed by atoms with Crippen molar-refractivity contribution in [1.82, 2.24) is 5.32 Å². The number of nitrogens with one attached hydrogen (secondary N) is 2. The molecule has 0 bridgehead atoms. The van der Waals surface area contributed by atoms with Crippen LogP contribution < -0.4 is 15.4 Å². The number of carbonyl (C=O) groups excluding carboxylic acids is 2. The first-order chi connectivity index (χ1) is 14.5. The summed E-state index contributed by atoms with van der Waals surface area (Å²) in [4.78, 5) is 24.9. The summed E-state index contributed by atoms with van der Waals surface area (Å²) in [5, 5.41) is 6.76. The molecule has 0 atom stereocenters. The van der Waals surface area contributed by atoms with E-state index in [4.69, 9.17) is 27.9 Å². The van der Waals surface area contributed by atoms with Crippen LogP contribution in [0.4, 0.5) is 5.69 Å².